The van der Waals surface area contributed by atoms with Crippen molar-refractivity contribution in [3.63, 3.8) is 0 Å². The molecular formula is C13H14OS. The smallest absolute Gasteiger partial charge is 0.144 e. The van der Waals surface area contributed by atoms with Gasteiger partial charge in [0.2, 0.25) is 0 Å². The van der Waals surface area contributed by atoms with Crippen molar-refractivity contribution in [3.8, 4) is 0 Å². The Morgan fingerprint density at radius 2 is 2.20 bits per heavy atom. The summed E-state index contributed by atoms with van der Waals surface area (Å²) in [5, 5.41) is 0. The van der Waals surface area contributed by atoms with Crippen molar-refractivity contribution < 1.29 is 4.79 Å². The molecule has 1 aliphatic heterocycles. The number of hydrogen-bond acceptors (Lipinski definition) is 2. The van der Waals surface area contributed by atoms with E-state index < -0.39 is 0 Å². The lowest BCUT2D eigenvalue weighted by Gasteiger charge is -2.30. The van der Waals surface area contributed by atoms with Crippen molar-refractivity contribution in [1.82, 2.24) is 0 Å². The molecule has 0 bridgehead atoms. The highest BCUT2D eigenvalue weighted by atomic mass is 32.2. The summed E-state index contributed by atoms with van der Waals surface area (Å²) in [5.74, 6) is 3.29. The standard InChI is InChI=1S/C13H14OS/c14-13(10-5-6-15-8-10)12-7-9-3-1-2-4-11(9)12/h1-4,10,12H,5-8H2. The van der Waals surface area contributed by atoms with E-state index in [1.54, 1.807) is 0 Å². The van der Waals surface area contributed by atoms with Crippen molar-refractivity contribution in [2.45, 2.75) is 18.8 Å². The van der Waals surface area contributed by atoms with Crippen LogP contribution in [0.1, 0.15) is 23.5 Å². The van der Waals surface area contributed by atoms with Crippen molar-refractivity contribution >= 4 is 17.5 Å². The molecule has 2 unspecified atom stereocenters. The van der Waals surface area contributed by atoms with E-state index in [1.807, 2.05) is 17.8 Å². The summed E-state index contributed by atoms with van der Waals surface area (Å²) in [4.78, 5) is 12.2. The average Bonchev–Trinajstić information content (AvgIpc) is 2.72. The second kappa shape index (κ2) is 3.67. The quantitative estimate of drug-likeness (QED) is 0.759. The van der Waals surface area contributed by atoms with Crippen molar-refractivity contribution in [1.29, 1.82) is 0 Å². The van der Waals surface area contributed by atoms with Gasteiger partial charge in [-0.05, 0) is 29.7 Å². The first kappa shape index (κ1) is 9.46. The average molecular weight is 218 g/mol. The molecule has 0 radical (unpaired) electrons. The Hall–Kier alpha value is -0.760. The van der Waals surface area contributed by atoms with Gasteiger partial charge in [0.25, 0.3) is 0 Å². The number of fused-ring (bicyclic) bond motifs is 1. The molecule has 0 N–H and O–H groups in total. The molecule has 1 nitrogen and oxygen atoms in total. The Balaban J connectivity index is 1.78. The van der Waals surface area contributed by atoms with E-state index in [-0.39, 0.29) is 5.92 Å². The van der Waals surface area contributed by atoms with Gasteiger partial charge in [-0.15, -0.1) is 0 Å². The van der Waals surface area contributed by atoms with Crippen LogP contribution >= 0.6 is 11.8 Å². The normalized spacial score (nSPS) is 28.3. The number of hydrogen-bond donors (Lipinski definition) is 0. The highest BCUT2D eigenvalue weighted by Crippen LogP contribution is 2.39. The van der Waals surface area contributed by atoms with E-state index in [9.17, 15) is 4.79 Å². The zero-order valence-corrected chi connectivity index (χ0v) is 9.43. The minimum Gasteiger partial charge on any atom is -0.299 e. The van der Waals surface area contributed by atoms with E-state index in [4.69, 9.17) is 0 Å². The van der Waals surface area contributed by atoms with Crippen molar-refractivity contribution in [2.24, 2.45) is 5.92 Å². The van der Waals surface area contributed by atoms with E-state index >= 15 is 0 Å². The molecule has 1 fully saturated rings. The van der Waals surface area contributed by atoms with Gasteiger partial charge in [0.05, 0.1) is 0 Å². The van der Waals surface area contributed by atoms with E-state index in [0.29, 0.717) is 11.7 Å². The molecule has 0 spiro atoms. The molecule has 3 rings (SSSR count). The molecule has 1 aromatic carbocycles. The number of benzene rings is 1. The number of carbonyl (C=O) groups excluding carboxylic acids is 1. The molecule has 15 heavy (non-hydrogen) atoms. The van der Waals surface area contributed by atoms with Crippen LogP contribution in [0.15, 0.2) is 24.3 Å². The van der Waals surface area contributed by atoms with Crippen molar-refractivity contribution in [3.05, 3.63) is 35.4 Å². The second-order valence-electron chi connectivity index (χ2n) is 4.42. The van der Waals surface area contributed by atoms with Gasteiger partial charge in [-0.1, -0.05) is 24.3 Å². The van der Waals surface area contributed by atoms with Crippen molar-refractivity contribution in [2.75, 3.05) is 11.5 Å². The summed E-state index contributed by atoms with van der Waals surface area (Å²) in [7, 11) is 0. The minimum atomic E-state index is 0.227. The first-order valence-corrected chi connectivity index (χ1v) is 6.71. The first-order chi connectivity index (χ1) is 7.36. The predicted octanol–water partition coefficient (Wildman–Crippen LogP) is 2.65. The van der Waals surface area contributed by atoms with Crippen LogP contribution in [-0.2, 0) is 11.2 Å². The SMILES string of the molecule is O=C(C1CCSC1)C1Cc2ccccc21. The third-order valence-electron chi connectivity index (χ3n) is 3.53. The fraction of sp³-hybridized carbons (Fsp3) is 0.462. The maximum atomic E-state index is 12.2. The molecule has 1 aromatic rings. The van der Waals surface area contributed by atoms with Gasteiger partial charge >= 0.3 is 0 Å². The molecule has 1 aliphatic carbocycles. The summed E-state index contributed by atoms with van der Waals surface area (Å²) in [6, 6.07) is 8.36. The molecule has 0 aromatic heterocycles. The minimum absolute atomic E-state index is 0.227. The Morgan fingerprint density at radius 3 is 2.93 bits per heavy atom. The molecule has 2 aliphatic rings. The number of ketones is 1. The molecule has 1 heterocycles. The third kappa shape index (κ3) is 1.51. The lowest BCUT2D eigenvalue weighted by molar-refractivity contribution is -0.124. The summed E-state index contributed by atoms with van der Waals surface area (Å²) in [6.07, 6.45) is 2.08. The first-order valence-electron chi connectivity index (χ1n) is 5.55. The summed E-state index contributed by atoms with van der Waals surface area (Å²) < 4.78 is 0. The molecule has 0 saturated carbocycles. The van der Waals surface area contributed by atoms with Gasteiger partial charge in [0.1, 0.15) is 5.78 Å². The van der Waals surface area contributed by atoms with E-state index in [0.717, 1.165) is 18.6 Å². The topological polar surface area (TPSA) is 17.1 Å². The summed E-state index contributed by atoms with van der Waals surface area (Å²) >= 11 is 1.92. The van der Waals surface area contributed by atoms with Gasteiger partial charge in [-0.3, -0.25) is 4.79 Å². The van der Waals surface area contributed by atoms with Crippen LogP contribution in [0.25, 0.3) is 0 Å². The maximum absolute atomic E-state index is 12.2. The Bertz CT molecular complexity index is 393. The van der Waals surface area contributed by atoms with Crippen LogP contribution in [0.5, 0.6) is 0 Å². The number of carbonyl (C=O) groups is 1. The molecule has 1 saturated heterocycles. The summed E-state index contributed by atoms with van der Waals surface area (Å²) in [5.41, 5.74) is 2.67. The van der Waals surface area contributed by atoms with Crippen LogP contribution in [-0.4, -0.2) is 17.3 Å². The Kier molecular flexibility index (Phi) is 2.32. The summed E-state index contributed by atoms with van der Waals surface area (Å²) in [6.45, 7) is 0. The third-order valence-corrected chi connectivity index (χ3v) is 4.69. The van der Waals surface area contributed by atoms with Crippen LogP contribution < -0.4 is 0 Å². The number of rotatable bonds is 2. The van der Waals surface area contributed by atoms with Crippen LogP contribution in [0, 0.1) is 5.92 Å². The van der Waals surface area contributed by atoms with Gasteiger partial charge < -0.3 is 0 Å². The number of thioether (sulfide) groups is 1. The molecule has 2 atom stereocenters. The zero-order chi connectivity index (χ0) is 10.3. The second-order valence-corrected chi connectivity index (χ2v) is 5.57. The predicted molar refractivity (Wildman–Crippen MR) is 63.3 cm³/mol. The van der Waals surface area contributed by atoms with Gasteiger partial charge in [-0.25, -0.2) is 0 Å². The fourth-order valence-corrected chi connectivity index (χ4v) is 3.79. The fourth-order valence-electron chi connectivity index (χ4n) is 2.56. The van der Waals surface area contributed by atoms with Crippen LogP contribution in [0.3, 0.4) is 0 Å². The van der Waals surface area contributed by atoms with Gasteiger partial charge in [0, 0.05) is 17.6 Å². The maximum Gasteiger partial charge on any atom is 0.144 e. The van der Waals surface area contributed by atoms with E-state index in [1.165, 1.54) is 16.9 Å². The Morgan fingerprint density at radius 1 is 1.33 bits per heavy atom. The largest absolute Gasteiger partial charge is 0.299 e. The molecule has 2 heteroatoms. The molecular weight excluding hydrogens is 204 g/mol. The lowest BCUT2D eigenvalue weighted by atomic mass is 9.72. The molecule has 78 valence electrons. The van der Waals surface area contributed by atoms with E-state index in [2.05, 4.69) is 18.2 Å². The van der Waals surface area contributed by atoms with Crippen LogP contribution in [0.2, 0.25) is 0 Å². The number of Topliss-reactive ketones (excluding diaryl/α,β-unsaturated/α-hetero) is 1. The lowest BCUT2D eigenvalue weighted by Crippen LogP contribution is -2.30. The Labute approximate surface area is 94.3 Å². The van der Waals surface area contributed by atoms with Gasteiger partial charge in [-0.2, -0.15) is 11.8 Å². The highest BCUT2D eigenvalue weighted by molar-refractivity contribution is 7.99. The zero-order valence-electron chi connectivity index (χ0n) is 8.61. The van der Waals surface area contributed by atoms with Gasteiger partial charge in [0.15, 0.2) is 0 Å². The highest BCUT2D eigenvalue weighted by Gasteiger charge is 2.36. The molecule has 0 amide bonds. The van der Waals surface area contributed by atoms with Crippen LogP contribution in [0.4, 0.5) is 0 Å². The monoisotopic (exact) mass is 218 g/mol.